The van der Waals surface area contributed by atoms with Crippen molar-refractivity contribution < 1.29 is 0 Å². The first-order valence-electron chi connectivity index (χ1n) is 40.7. The van der Waals surface area contributed by atoms with Gasteiger partial charge in [0.05, 0.1) is 33.8 Å². The maximum Gasteiger partial charge on any atom is 0.114 e. The smallest absolute Gasteiger partial charge is 0.114 e. The maximum atomic E-state index is 5.13. The van der Waals surface area contributed by atoms with Crippen LogP contribution in [0.2, 0.25) is 0 Å². The lowest BCUT2D eigenvalue weighted by Crippen LogP contribution is -2.09. The summed E-state index contributed by atoms with van der Waals surface area (Å²) >= 11 is 4.84. The van der Waals surface area contributed by atoms with E-state index in [1.165, 1.54) is 33.3 Å². The van der Waals surface area contributed by atoms with E-state index in [0.29, 0.717) is 0 Å². The molecule has 5 aromatic heterocycles. The van der Waals surface area contributed by atoms with Gasteiger partial charge in [-0.25, -0.2) is 0 Å². The molecule has 0 unspecified atom stereocenters. The van der Waals surface area contributed by atoms with Gasteiger partial charge in [-0.15, -0.1) is 22.7 Å². The van der Waals surface area contributed by atoms with Crippen molar-refractivity contribution in [3.63, 3.8) is 0 Å². The zero-order chi connectivity index (χ0) is 80.1. The Morgan fingerprint density at radius 3 is 0.595 bits per heavy atom. The number of para-hydroxylation sites is 8. The molecule has 0 N–H and O–H groups in total. The first-order valence-corrected chi connectivity index (χ1v) is 43.0. The van der Waals surface area contributed by atoms with Gasteiger partial charge >= 0.3 is 0 Å². The average Bonchev–Trinajstić information content (AvgIpc) is 1.58. The van der Waals surface area contributed by atoms with E-state index in [1.807, 2.05) is 0 Å². The summed E-state index contributed by atoms with van der Waals surface area (Å²) in [6.07, 6.45) is 0. The Bertz CT molecular complexity index is 6490. The molecule has 121 heavy (non-hydrogen) atoms. The molecule has 0 saturated carbocycles. The Balaban J connectivity index is 0.614. The molecule has 0 atom stereocenters. The molecule has 5 heterocycles. The van der Waals surface area contributed by atoms with Gasteiger partial charge in [0, 0.05) is 111 Å². The van der Waals surface area contributed by atoms with E-state index in [4.69, 9.17) is 8.75 Å². The molecule has 572 valence electrons. The summed E-state index contributed by atoms with van der Waals surface area (Å²) < 4.78 is 15.2. The molecule has 0 radical (unpaired) electrons. The van der Waals surface area contributed by atoms with Gasteiger partial charge in [0.1, 0.15) is 21.0 Å². The van der Waals surface area contributed by atoms with E-state index >= 15 is 0 Å². The van der Waals surface area contributed by atoms with Crippen LogP contribution in [0.5, 0.6) is 0 Å². The lowest BCUT2D eigenvalue weighted by Gasteiger charge is -2.25. The maximum absolute atomic E-state index is 5.13. The highest BCUT2D eigenvalue weighted by molar-refractivity contribution is 7.18. The number of fused-ring (bicyclic) bond motifs is 7. The van der Waals surface area contributed by atoms with Crippen LogP contribution in [-0.2, 0) is 0 Å². The molecule has 0 fully saturated rings. The van der Waals surface area contributed by atoms with Crippen LogP contribution in [0.3, 0.4) is 0 Å². The molecule has 0 aliphatic heterocycles. The second kappa shape index (κ2) is 31.3. The number of aromatic nitrogens is 4. The van der Waals surface area contributed by atoms with Crippen LogP contribution in [-0.4, -0.2) is 17.9 Å². The molecule has 8 nitrogen and oxygen atoms in total. The van der Waals surface area contributed by atoms with Crippen LogP contribution >= 0.6 is 34.4 Å². The van der Waals surface area contributed by atoms with E-state index < -0.39 is 0 Å². The Morgan fingerprint density at radius 1 is 0.182 bits per heavy atom. The summed E-state index contributed by atoms with van der Waals surface area (Å²) in [6, 6.07) is 162. The number of hydrogen-bond donors (Lipinski definition) is 0. The van der Waals surface area contributed by atoms with Gasteiger partial charge in [-0.3, -0.25) is 0 Å². The monoisotopic (exact) mass is 1600 g/mol. The van der Waals surface area contributed by atoms with Crippen molar-refractivity contribution in [2.75, 3.05) is 19.6 Å². The summed E-state index contributed by atoms with van der Waals surface area (Å²) in [5.74, 6) is 0. The fraction of sp³-hybridized carbons (Fsp3) is 0. The van der Waals surface area contributed by atoms with Crippen LogP contribution in [0.4, 0.5) is 68.2 Å². The molecule has 22 aromatic rings. The minimum absolute atomic E-state index is 0.893. The Morgan fingerprint density at radius 2 is 0.380 bits per heavy atom. The molecule has 22 rings (SSSR count). The largest absolute Gasteiger partial charge is 0.311 e. The highest BCUT2D eigenvalue weighted by Gasteiger charge is 2.25. The van der Waals surface area contributed by atoms with Gasteiger partial charge < -0.3 is 28.7 Å². The van der Waals surface area contributed by atoms with Crippen LogP contribution in [0.1, 0.15) is 0 Å². The van der Waals surface area contributed by atoms with Crippen LogP contribution in [0, 0.1) is 0 Å². The number of nitrogens with zero attached hydrogens (tertiary/aromatic N) is 8. The normalized spacial score (nSPS) is 11.5. The third kappa shape index (κ3) is 13.5. The van der Waals surface area contributed by atoms with Gasteiger partial charge in [0.2, 0.25) is 0 Å². The number of hydrogen-bond acceptors (Lipinski definition) is 9. The van der Waals surface area contributed by atoms with E-state index in [1.54, 1.807) is 22.7 Å². The molecule has 0 saturated heterocycles. The van der Waals surface area contributed by atoms with E-state index in [2.05, 4.69) is 478 Å². The summed E-state index contributed by atoms with van der Waals surface area (Å²) in [5, 5.41) is 6.92. The predicted octanol–water partition coefficient (Wildman–Crippen LogP) is 31.9. The van der Waals surface area contributed by atoms with Crippen LogP contribution < -0.4 is 19.6 Å². The Labute approximate surface area is 713 Å². The second-order valence-electron chi connectivity index (χ2n) is 30.2. The van der Waals surface area contributed by atoms with Crippen molar-refractivity contribution in [2.24, 2.45) is 0 Å². The molecular weight excluding hydrogens is 1530 g/mol. The lowest BCUT2D eigenvalue weighted by atomic mass is 9.99. The number of benzene rings is 17. The highest BCUT2D eigenvalue weighted by atomic mass is 32.1. The van der Waals surface area contributed by atoms with Gasteiger partial charge in [0.25, 0.3) is 0 Å². The Hall–Kier alpha value is -15.2. The number of anilines is 12. The molecule has 0 spiro atoms. The standard InChI is InChI=1S/C110H74N8S3/c1-9-25-83(26-10-1)113(84-27-11-2-12-28-84)91-53-41-75(42-54-91)79-49-63-101-97(71-79)98-72-80(76-43-55-92(56-44-76)114(85-29-13-3-14-30-85)86-31-15-4-16-32-86)50-64-102(98)117(101)107-69-67-105(119-107)95-61-62-96(110-109(95)111-121-112-110)106-68-70-108(120-106)118-103-65-51-81(77-45-57-93(58-46-77)115(87-33-17-5-18-34-87)88-35-19-6-20-36-88)73-99(103)100-74-82(52-66-104(100)118)78-47-59-94(60-48-78)116(89-37-21-7-22-38-89)90-39-23-8-24-40-90/h1-74H. The van der Waals surface area contributed by atoms with Gasteiger partial charge in [-0.2, -0.15) is 8.75 Å². The first-order chi connectivity index (χ1) is 60.0. The van der Waals surface area contributed by atoms with Crippen molar-refractivity contribution >= 4 is 157 Å². The van der Waals surface area contributed by atoms with Crippen LogP contribution in [0.15, 0.2) is 449 Å². The van der Waals surface area contributed by atoms with Crippen molar-refractivity contribution in [2.45, 2.75) is 0 Å². The van der Waals surface area contributed by atoms with E-state index in [9.17, 15) is 0 Å². The van der Waals surface area contributed by atoms with Crippen molar-refractivity contribution in [1.29, 1.82) is 0 Å². The fourth-order valence-corrected chi connectivity index (χ4v) is 20.0. The zero-order valence-electron chi connectivity index (χ0n) is 65.5. The van der Waals surface area contributed by atoms with E-state index in [0.717, 1.165) is 177 Å². The Kier molecular flexibility index (Phi) is 18.7. The molecule has 0 aliphatic rings. The van der Waals surface area contributed by atoms with E-state index in [-0.39, 0.29) is 0 Å². The van der Waals surface area contributed by atoms with Crippen molar-refractivity contribution in [3.05, 3.63) is 449 Å². The summed E-state index contributed by atoms with van der Waals surface area (Å²) in [6.45, 7) is 0. The summed E-state index contributed by atoms with van der Waals surface area (Å²) in [5.41, 5.74) is 30.7. The number of rotatable bonds is 20. The summed E-state index contributed by atoms with van der Waals surface area (Å²) in [4.78, 5) is 11.5. The zero-order valence-corrected chi connectivity index (χ0v) is 68.0. The van der Waals surface area contributed by atoms with Crippen molar-refractivity contribution in [1.82, 2.24) is 17.9 Å². The molecule has 17 aromatic carbocycles. The fourth-order valence-electron chi connectivity index (χ4n) is 17.3. The molecule has 0 bridgehead atoms. The predicted molar refractivity (Wildman–Crippen MR) is 513 cm³/mol. The third-order valence-electron chi connectivity index (χ3n) is 23.1. The van der Waals surface area contributed by atoms with Gasteiger partial charge in [0.15, 0.2) is 0 Å². The third-order valence-corrected chi connectivity index (χ3v) is 25.8. The minimum Gasteiger partial charge on any atom is -0.311 e. The summed E-state index contributed by atoms with van der Waals surface area (Å²) in [7, 11) is 0. The highest BCUT2D eigenvalue weighted by Crippen LogP contribution is 2.48. The average molecular weight is 1600 g/mol. The van der Waals surface area contributed by atoms with Crippen LogP contribution in [0.25, 0.3) is 130 Å². The topological polar surface area (TPSA) is 48.6 Å². The van der Waals surface area contributed by atoms with Gasteiger partial charge in [-0.1, -0.05) is 231 Å². The molecule has 11 heteroatoms. The molecular formula is C110H74N8S3. The van der Waals surface area contributed by atoms with Crippen molar-refractivity contribution in [3.8, 4) is 75.4 Å². The molecule has 0 aliphatic carbocycles. The first kappa shape index (κ1) is 72.2. The second-order valence-corrected chi connectivity index (χ2v) is 32.9. The quantitative estimate of drug-likeness (QED) is 0.0758. The minimum atomic E-state index is 0.893. The lowest BCUT2D eigenvalue weighted by molar-refractivity contribution is 1.22. The number of thiophene rings is 2. The van der Waals surface area contributed by atoms with Gasteiger partial charge in [-0.05, 0) is 263 Å². The SMILES string of the molecule is c1ccc(N(c2ccccc2)c2ccc(-c3ccc4c(c3)c3cc(-c5ccc(N(c6ccccc6)c6ccccc6)cc5)ccc3n4-c3ccc(-c4ccc(-c5ccc(-n6c7ccc(-c8ccc(N(c9ccccc9)c9ccccc9)cc8)cc7c7cc(-c8ccc(N(c9ccccc9)c9ccccc9)cc8)ccc76)s5)c5nsnc45)s3)cc2)cc1. The molecule has 0 amide bonds.